The summed E-state index contributed by atoms with van der Waals surface area (Å²) >= 11 is 0. The summed E-state index contributed by atoms with van der Waals surface area (Å²) in [6.45, 7) is 3.93. The first kappa shape index (κ1) is 20.6. The molecule has 2 heterocycles. The van der Waals surface area contributed by atoms with E-state index in [4.69, 9.17) is 0 Å². The first-order chi connectivity index (χ1) is 14.7. The van der Waals surface area contributed by atoms with Gasteiger partial charge in [0.1, 0.15) is 11.4 Å². The highest BCUT2D eigenvalue weighted by molar-refractivity contribution is 5.78. The fourth-order valence-corrected chi connectivity index (χ4v) is 3.20. The lowest BCUT2D eigenvalue weighted by Gasteiger charge is -2.11. The van der Waals surface area contributed by atoms with Crippen molar-refractivity contribution in [3.8, 4) is 28.2 Å². The number of benzene rings is 2. The van der Waals surface area contributed by atoms with Gasteiger partial charge in [-0.25, -0.2) is 4.68 Å². The molecule has 0 radical (unpaired) electrons. The Hall–Kier alpha value is -3.68. The van der Waals surface area contributed by atoms with Gasteiger partial charge in [-0.3, -0.25) is 9.48 Å². The lowest BCUT2D eigenvalue weighted by atomic mass is 10.1. The van der Waals surface area contributed by atoms with E-state index in [1.807, 2.05) is 44.2 Å². The van der Waals surface area contributed by atoms with Crippen LogP contribution in [0.25, 0.3) is 28.2 Å². The van der Waals surface area contributed by atoms with E-state index in [0.717, 1.165) is 17.7 Å². The highest BCUT2D eigenvalue weighted by atomic mass is 19.4. The summed E-state index contributed by atoms with van der Waals surface area (Å²) < 4.78 is 42.4. The third kappa shape index (κ3) is 4.14. The Labute approximate surface area is 176 Å². The van der Waals surface area contributed by atoms with Crippen molar-refractivity contribution in [3.63, 3.8) is 0 Å². The molecule has 4 rings (SSSR count). The number of rotatable bonds is 4. The average molecular weight is 424 g/mol. The maximum absolute atomic E-state index is 13.1. The van der Waals surface area contributed by atoms with Gasteiger partial charge in [-0.2, -0.15) is 23.4 Å². The molecule has 0 N–H and O–H groups in total. The van der Waals surface area contributed by atoms with Crippen LogP contribution in [0, 0.1) is 0 Å². The van der Waals surface area contributed by atoms with Crippen molar-refractivity contribution < 1.29 is 13.2 Å². The van der Waals surface area contributed by atoms with Crippen LogP contribution in [0.3, 0.4) is 0 Å². The smallest absolute Gasteiger partial charge is 0.287 e. The largest absolute Gasteiger partial charge is 0.416 e. The van der Waals surface area contributed by atoms with Crippen molar-refractivity contribution in [1.82, 2.24) is 19.6 Å². The van der Waals surface area contributed by atoms with E-state index in [1.54, 1.807) is 10.9 Å². The summed E-state index contributed by atoms with van der Waals surface area (Å²) in [6.07, 6.45) is -1.37. The van der Waals surface area contributed by atoms with Crippen LogP contribution in [0.1, 0.15) is 25.5 Å². The zero-order valence-electron chi connectivity index (χ0n) is 16.8. The summed E-state index contributed by atoms with van der Waals surface area (Å²) in [4.78, 5) is 12.7. The minimum absolute atomic E-state index is 0.0469. The van der Waals surface area contributed by atoms with Gasteiger partial charge >= 0.3 is 6.18 Å². The van der Waals surface area contributed by atoms with Crippen LogP contribution < -0.4 is 5.43 Å². The maximum atomic E-state index is 13.1. The molecule has 2 aromatic heterocycles. The van der Waals surface area contributed by atoms with Crippen molar-refractivity contribution >= 4 is 0 Å². The lowest BCUT2D eigenvalue weighted by Crippen LogP contribution is -2.13. The summed E-state index contributed by atoms with van der Waals surface area (Å²) in [5.74, 6) is 0. The molecule has 0 aliphatic rings. The molecule has 0 aliphatic carbocycles. The van der Waals surface area contributed by atoms with Gasteiger partial charge in [0.2, 0.25) is 5.43 Å². The zero-order valence-corrected chi connectivity index (χ0v) is 16.8. The summed E-state index contributed by atoms with van der Waals surface area (Å²) in [6, 6.07) is 15.5. The third-order valence-corrected chi connectivity index (χ3v) is 4.81. The highest BCUT2D eigenvalue weighted by Gasteiger charge is 2.30. The highest BCUT2D eigenvalue weighted by Crippen LogP contribution is 2.31. The van der Waals surface area contributed by atoms with Gasteiger partial charge in [-0.05, 0) is 32.0 Å². The van der Waals surface area contributed by atoms with Gasteiger partial charge in [0.05, 0.1) is 16.8 Å². The molecule has 31 heavy (non-hydrogen) atoms. The van der Waals surface area contributed by atoms with Gasteiger partial charge in [0, 0.05) is 30.1 Å². The zero-order chi connectivity index (χ0) is 22.2. The van der Waals surface area contributed by atoms with Crippen LogP contribution >= 0.6 is 0 Å². The first-order valence-corrected chi connectivity index (χ1v) is 9.66. The van der Waals surface area contributed by atoms with E-state index >= 15 is 0 Å². The molecule has 0 saturated carbocycles. The number of aromatic nitrogens is 4. The number of hydrogen-bond acceptors (Lipinski definition) is 3. The van der Waals surface area contributed by atoms with Crippen LogP contribution in [0.2, 0.25) is 0 Å². The first-order valence-electron chi connectivity index (χ1n) is 9.66. The standard InChI is InChI=1S/C23H19F3N4O/c1-15(2)30-14-19(21(27-30)16-7-4-3-5-8-16)22-20(31)11-12-29(28-22)18-10-6-9-17(13-18)23(24,25)26/h3-15H,1-2H3. The predicted octanol–water partition coefficient (Wildman–Crippen LogP) is 5.36. The van der Waals surface area contributed by atoms with Crippen molar-refractivity contribution in [2.75, 3.05) is 0 Å². The Balaban J connectivity index is 1.88. The average Bonchev–Trinajstić information content (AvgIpc) is 3.20. The third-order valence-electron chi connectivity index (χ3n) is 4.81. The van der Waals surface area contributed by atoms with E-state index in [9.17, 15) is 18.0 Å². The SMILES string of the molecule is CC(C)n1cc(-c2nn(-c3cccc(C(F)(F)F)c3)ccc2=O)c(-c2ccccc2)n1. The molecule has 0 atom stereocenters. The lowest BCUT2D eigenvalue weighted by molar-refractivity contribution is -0.137. The van der Waals surface area contributed by atoms with Crippen molar-refractivity contribution in [1.29, 1.82) is 0 Å². The molecule has 2 aromatic carbocycles. The molecule has 0 unspecified atom stereocenters. The Kier molecular flexibility index (Phi) is 5.22. The van der Waals surface area contributed by atoms with Gasteiger partial charge < -0.3 is 0 Å². The normalized spacial score (nSPS) is 11.8. The second-order valence-electron chi connectivity index (χ2n) is 7.35. The second-order valence-corrected chi connectivity index (χ2v) is 7.35. The molecule has 158 valence electrons. The van der Waals surface area contributed by atoms with Gasteiger partial charge in [-0.15, -0.1) is 0 Å². The Morgan fingerprint density at radius 1 is 0.903 bits per heavy atom. The molecule has 0 fully saturated rings. The summed E-state index contributed by atoms with van der Waals surface area (Å²) in [5.41, 5.74) is 1.10. The second kappa shape index (κ2) is 7.86. The molecular weight excluding hydrogens is 405 g/mol. The molecule has 0 saturated heterocycles. The molecule has 5 nitrogen and oxygen atoms in total. The minimum atomic E-state index is -4.48. The molecule has 8 heteroatoms. The van der Waals surface area contributed by atoms with Crippen LogP contribution in [0.4, 0.5) is 13.2 Å². The van der Waals surface area contributed by atoms with Crippen LogP contribution in [-0.2, 0) is 6.18 Å². The molecule has 0 aliphatic heterocycles. The van der Waals surface area contributed by atoms with Crippen molar-refractivity contribution in [2.24, 2.45) is 0 Å². The van der Waals surface area contributed by atoms with E-state index in [1.165, 1.54) is 29.1 Å². The van der Waals surface area contributed by atoms with Crippen LogP contribution in [-0.4, -0.2) is 19.6 Å². The van der Waals surface area contributed by atoms with E-state index in [0.29, 0.717) is 11.3 Å². The Bertz CT molecular complexity index is 1270. The van der Waals surface area contributed by atoms with Gasteiger partial charge in [-0.1, -0.05) is 36.4 Å². The Morgan fingerprint density at radius 2 is 1.65 bits per heavy atom. The fraction of sp³-hybridized carbons (Fsp3) is 0.174. The molecule has 0 spiro atoms. The minimum Gasteiger partial charge on any atom is -0.287 e. The van der Waals surface area contributed by atoms with Gasteiger partial charge in [0.25, 0.3) is 0 Å². The topological polar surface area (TPSA) is 52.7 Å². The van der Waals surface area contributed by atoms with E-state index in [2.05, 4.69) is 10.2 Å². The molecular formula is C23H19F3N4O. The van der Waals surface area contributed by atoms with Crippen LogP contribution in [0.5, 0.6) is 0 Å². The Morgan fingerprint density at radius 3 is 2.32 bits per heavy atom. The number of halogens is 3. The fourth-order valence-electron chi connectivity index (χ4n) is 3.20. The molecule has 4 aromatic rings. The van der Waals surface area contributed by atoms with Gasteiger partial charge in [0.15, 0.2) is 0 Å². The van der Waals surface area contributed by atoms with E-state index < -0.39 is 11.7 Å². The summed E-state index contributed by atoms with van der Waals surface area (Å²) in [5, 5.41) is 9.00. The summed E-state index contributed by atoms with van der Waals surface area (Å²) in [7, 11) is 0. The predicted molar refractivity (Wildman–Crippen MR) is 112 cm³/mol. The monoisotopic (exact) mass is 424 g/mol. The number of hydrogen-bond donors (Lipinski definition) is 0. The van der Waals surface area contributed by atoms with Crippen molar-refractivity contribution in [2.45, 2.75) is 26.1 Å². The molecule has 0 amide bonds. The quantitative estimate of drug-likeness (QED) is 0.443. The van der Waals surface area contributed by atoms with Crippen LogP contribution in [0.15, 0.2) is 77.9 Å². The number of nitrogens with zero attached hydrogens (tertiary/aromatic N) is 4. The molecule has 0 bridgehead atoms. The van der Waals surface area contributed by atoms with E-state index in [-0.39, 0.29) is 22.9 Å². The maximum Gasteiger partial charge on any atom is 0.416 e. The van der Waals surface area contributed by atoms with Crippen molar-refractivity contribution in [3.05, 3.63) is 88.8 Å². The number of alkyl halides is 3.